The van der Waals surface area contributed by atoms with Gasteiger partial charge in [-0.25, -0.2) is 8.42 Å². The molecule has 1 aliphatic rings. The first-order valence-electron chi connectivity index (χ1n) is 7.94. The van der Waals surface area contributed by atoms with Gasteiger partial charge in [-0.15, -0.1) is 0 Å². The summed E-state index contributed by atoms with van der Waals surface area (Å²) >= 11 is 0. The van der Waals surface area contributed by atoms with Gasteiger partial charge < -0.3 is 4.57 Å². The van der Waals surface area contributed by atoms with Crippen LogP contribution in [0.5, 0.6) is 0 Å². The normalized spacial score (nSPS) is 13.2. The van der Waals surface area contributed by atoms with Crippen molar-refractivity contribution in [2.45, 2.75) is 13.0 Å². The van der Waals surface area contributed by atoms with E-state index in [-0.39, 0.29) is 22.7 Å². The molecule has 0 unspecified atom stereocenters. The first kappa shape index (κ1) is 15.8. The third kappa shape index (κ3) is 2.42. The zero-order chi connectivity index (χ0) is 17.8. The van der Waals surface area contributed by atoms with Gasteiger partial charge in [-0.2, -0.15) is 0 Å². The van der Waals surface area contributed by atoms with Gasteiger partial charge in [0.15, 0.2) is 0 Å². The van der Waals surface area contributed by atoms with Crippen molar-refractivity contribution in [3.05, 3.63) is 58.4 Å². The first-order chi connectivity index (χ1) is 11.9. The number of aromatic nitrogens is 2. The molecule has 0 amide bonds. The Morgan fingerprint density at radius 1 is 1.04 bits per heavy atom. The molecule has 6 nitrogen and oxygen atoms in total. The quantitative estimate of drug-likeness (QED) is 0.560. The van der Waals surface area contributed by atoms with Gasteiger partial charge >= 0.3 is 0 Å². The standard InChI is InChI=1S/C18H16N2O4S/c1-25(23,24)11-5-10-19-13-7-3-2-6-12(13)17(21)15-16(19)14-8-4-9-20(14)18(15)22/h2-4,6-9H,5,10-11H2,1H3. The number of nitrogens with zero attached hydrogens (tertiary/aromatic N) is 2. The Morgan fingerprint density at radius 3 is 2.56 bits per heavy atom. The minimum Gasteiger partial charge on any atom is -0.338 e. The van der Waals surface area contributed by atoms with Crippen LogP contribution in [0.2, 0.25) is 0 Å². The molecular formula is C18H16N2O4S. The number of pyridine rings is 1. The van der Waals surface area contributed by atoms with E-state index >= 15 is 0 Å². The minimum absolute atomic E-state index is 0.0528. The van der Waals surface area contributed by atoms with Crippen LogP contribution in [0.4, 0.5) is 0 Å². The molecule has 0 bridgehead atoms. The van der Waals surface area contributed by atoms with Gasteiger partial charge in [-0.3, -0.25) is 14.2 Å². The Morgan fingerprint density at radius 2 is 1.80 bits per heavy atom. The SMILES string of the molecule is CS(=O)(=O)CCCn1c2c(c(=O)c3ccccc31)C(=O)n1cccc1-2. The van der Waals surface area contributed by atoms with Crippen molar-refractivity contribution in [2.75, 3.05) is 12.0 Å². The Labute approximate surface area is 144 Å². The Hall–Kier alpha value is -2.67. The smallest absolute Gasteiger partial charge is 0.268 e. The number of fused-ring (bicyclic) bond motifs is 4. The highest BCUT2D eigenvalue weighted by molar-refractivity contribution is 7.90. The van der Waals surface area contributed by atoms with E-state index in [4.69, 9.17) is 0 Å². The molecule has 0 radical (unpaired) electrons. The van der Waals surface area contributed by atoms with Gasteiger partial charge in [0.2, 0.25) is 5.43 Å². The predicted molar refractivity (Wildman–Crippen MR) is 95.7 cm³/mol. The van der Waals surface area contributed by atoms with Gasteiger partial charge in [0.05, 0.1) is 22.7 Å². The van der Waals surface area contributed by atoms with E-state index in [1.165, 1.54) is 10.8 Å². The second kappa shape index (κ2) is 5.42. The maximum absolute atomic E-state index is 12.8. The zero-order valence-corrected chi connectivity index (χ0v) is 14.4. The number of benzene rings is 1. The number of sulfone groups is 1. The maximum atomic E-state index is 12.8. The van der Waals surface area contributed by atoms with E-state index in [2.05, 4.69) is 0 Å². The highest BCUT2D eigenvalue weighted by atomic mass is 32.2. The summed E-state index contributed by atoms with van der Waals surface area (Å²) in [7, 11) is -3.08. The molecule has 128 valence electrons. The van der Waals surface area contributed by atoms with E-state index in [0.717, 1.165) is 0 Å². The van der Waals surface area contributed by atoms with Crippen LogP contribution in [-0.2, 0) is 16.4 Å². The lowest BCUT2D eigenvalue weighted by Gasteiger charge is -2.16. The molecule has 1 aliphatic heterocycles. The summed E-state index contributed by atoms with van der Waals surface area (Å²) in [6, 6.07) is 10.7. The highest BCUT2D eigenvalue weighted by Crippen LogP contribution is 2.33. The molecule has 4 rings (SSSR count). The summed E-state index contributed by atoms with van der Waals surface area (Å²) in [4.78, 5) is 25.5. The van der Waals surface area contributed by atoms with Crippen molar-refractivity contribution in [3.63, 3.8) is 0 Å². The molecule has 0 N–H and O–H groups in total. The van der Waals surface area contributed by atoms with Gasteiger partial charge in [0.25, 0.3) is 5.91 Å². The Bertz CT molecular complexity index is 1190. The molecule has 0 saturated carbocycles. The molecular weight excluding hydrogens is 340 g/mol. The molecule has 2 aromatic heterocycles. The lowest BCUT2D eigenvalue weighted by Crippen LogP contribution is -2.20. The second-order valence-electron chi connectivity index (χ2n) is 6.27. The molecule has 0 fully saturated rings. The molecule has 0 atom stereocenters. The van der Waals surface area contributed by atoms with Crippen molar-refractivity contribution in [3.8, 4) is 11.4 Å². The molecule has 3 heterocycles. The van der Waals surface area contributed by atoms with E-state index in [0.29, 0.717) is 35.3 Å². The lowest BCUT2D eigenvalue weighted by molar-refractivity contribution is 0.0968. The minimum atomic E-state index is -3.08. The van der Waals surface area contributed by atoms with Gasteiger partial charge in [0, 0.05) is 24.4 Å². The number of hydrogen-bond donors (Lipinski definition) is 0. The average Bonchev–Trinajstić information content (AvgIpc) is 3.13. The molecule has 1 aromatic carbocycles. The average molecular weight is 356 g/mol. The third-order valence-electron chi connectivity index (χ3n) is 4.49. The van der Waals surface area contributed by atoms with Crippen molar-refractivity contribution < 1.29 is 13.2 Å². The van der Waals surface area contributed by atoms with E-state index in [1.807, 2.05) is 16.7 Å². The summed E-state index contributed by atoms with van der Waals surface area (Å²) in [5, 5.41) is 0.472. The van der Waals surface area contributed by atoms with Gasteiger partial charge in [-0.05, 0) is 30.7 Å². The molecule has 0 saturated heterocycles. The zero-order valence-electron chi connectivity index (χ0n) is 13.6. The second-order valence-corrected chi connectivity index (χ2v) is 8.53. The van der Waals surface area contributed by atoms with Crippen LogP contribution < -0.4 is 5.43 Å². The van der Waals surface area contributed by atoms with Crippen LogP contribution in [0, 0.1) is 0 Å². The third-order valence-corrected chi connectivity index (χ3v) is 5.52. The largest absolute Gasteiger partial charge is 0.338 e. The maximum Gasteiger partial charge on any atom is 0.268 e. The molecule has 25 heavy (non-hydrogen) atoms. The van der Waals surface area contributed by atoms with Gasteiger partial charge in [0.1, 0.15) is 15.4 Å². The summed E-state index contributed by atoms with van der Waals surface area (Å²) in [6.45, 7) is 0.411. The molecule has 0 spiro atoms. The van der Waals surface area contributed by atoms with E-state index in [1.54, 1.807) is 30.5 Å². The van der Waals surface area contributed by atoms with Gasteiger partial charge in [-0.1, -0.05) is 12.1 Å². The fourth-order valence-electron chi connectivity index (χ4n) is 3.45. The monoisotopic (exact) mass is 356 g/mol. The lowest BCUT2D eigenvalue weighted by atomic mass is 10.1. The number of carbonyl (C=O) groups excluding carboxylic acids is 1. The van der Waals surface area contributed by atoms with Crippen LogP contribution >= 0.6 is 0 Å². The summed E-state index contributed by atoms with van der Waals surface area (Å²) in [6.07, 6.45) is 3.26. The number of rotatable bonds is 4. The fourth-order valence-corrected chi connectivity index (χ4v) is 4.11. The first-order valence-corrected chi connectivity index (χ1v) is 10.0. The topological polar surface area (TPSA) is 78.1 Å². The molecule has 3 aromatic rings. The van der Waals surface area contributed by atoms with Crippen molar-refractivity contribution in [1.82, 2.24) is 9.13 Å². The van der Waals surface area contributed by atoms with Crippen LogP contribution in [0.1, 0.15) is 16.8 Å². The summed E-state index contributed by atoms with van der Waals surface area (Å²) in [5.41, 5.74) is 1.84. The van der Waals surface area contributed by atoms with E-state index < -0.39 is 9.84 Å². The number of para-hydroxylation sites is 1. The molecule has 7 heteroatoms. The van der Waals surface area contributed by atoms with Crippen LogP contribution in [-0.4, -0.2) is 35.5 Å². The van der Waals surface area contributed by atoms with E-state index in [9.17, 15) is 18.0 Å². The van der Waals surface area contributed by atoms with Crippen molar-refractivity contribution in [1.29, 1.82) is 0 Å². The van der Waals surface area contributed by atoms with Crippen LogP contribution in [0.3, 0.4) is 0 Å². The highest BCUT2D eigenvalue weighted by Gasteiger charge is 2.32. The predicted octanol–water partition coefficient (Wildman–Crippen LogP) is 1.91. The number of aryl methyl sites for hydroxylation is 1. The number of carbonyl (C=O) groups is 1. The summed E-state index contributed by atoms with van der Waals surface area (Å²) in [5.74, 6) is -0.278. The van der Waals surface area contributed by atoms with Crippen LogP contribution in [0.15, 0.2) is 47.4 Å². The Kier molecular flexibility index (Phi) is 3.43. The summed E-state index contributed by atoms with van der Waals surface area (Å²) < 4.78 is 26.3. The fraction of sp³-hybridized carbons (Fsp3) is 0.222. The number of hydrogen-bond acceptors (Lipinski definition) is 4. The Balaban J connectivity index is 1.98. The van der Waals surface area contributed by atoms with Crippen molar-refractivity contribution >= 4 is 26.6 Å². The van der Waals surface area contributed by atoms with Crippen molar-refractivity contribution in [2.24, 2.45) is 0 Å². The van der Waals surface area contributed by atoms with Crippen LogP contribution in [0.25, 0.3) is 22.3 Å². The molecule has 0 aliphatic carbocycles.